The second kappa shape index (κ2) is 8.29. The number of carboxylic acids is 1. The van der Waals surface area contributed by atoms with E-state index < -0.39 is 5.97 Å². The predicted octanol–water partition coefficient (Wildman–Crippen LogP) is 2.77. The minimum absolute atomic E-state index is 0.0556. The zero-order chi connectivity index (χ0) is 12.4. The smallest absolute Gasteiger partial charge is 0.307 e. The molecule has 1 aromatic carbocycles. The molecule has 1 rings (SSSR count). The lowest BCUT2D eigenvalue weighted by Gasteiger charge is -1.97. The maximum atomic E-state index is 9.53. The normalized spacial score (nSPS) is 8.50. The molecule has 0 saturated heterocycles. The molecule has 0 spiro atoms. The zero-order valence-corrected chi connectivity index (χ0v) is 9.10. The van der Waals surface area contributed by atoms with Crippen LogP contribution in [0, 0.1) is 0 Å². The van der Waals surface area contributed by atoms with Gasteiger partial charge in [-0.2, -0.15) is 0 Å². The molecule has 0 aliphatic carbocycles. The number of aromatic hydroxyl groups is 1. The fourth-order valence-electron chi connectivity index (χ4n) is 0.962. The van der Waals surface area contributed by atoms with Crippen LogP contribution in [0.25, 0.3) is 0 Å². The molecule has 3 heteroatoms. The molecule has 86 valence electrons. The average molecular weight is 220 g/mol. The van der Waals surface area contributed by atoms with E-state index in [4.69, 9.17) is 5.11 Å². The van der Waals surface area contributed by atoms with Crippen molar-refractivity contribution < 1.29 is 15.0 Å². The monoisotopic (exact) mass is 220 g/mol. The lowest BCUT2D eigenvalue weighted by molar-refractivity contribution is -0.135. The molecule has 0 heterocycles. The van der Waals surface area contributed by atoms with Crippen LogP contribution in [0.15, 0.2) is 49.6 Å². The van der Waals surface area contributed by atoms with Gasteiger partial charge in [0, 0.05) is 0 Å². The third-order valence-electron chi connectivity index (χ3n) is 1.67. The first-order chi connectivity index (χ1) is 7.61. The van der Waals surface area contributed by atoms with Crippen LogP contribution in [0.2, 0.25) is 0 Å². The summed E-state index contributed by atoms with van der Waals surface area (Å²) < 4.78 is 0. The Morgan fingerprint density at radius 3 is 2.25 bits per heavy atom. The van der Waals surface area contributed by atoms with Crippen LogP contribution in [-0.4, -0.2) is 16.2 Å². The topological polar surface area (TPSA) is 57.5 Å². The van der Waals surface area contributed by atoms with Gasteiger partial charge < -0.3 is 10.2 Å². The number of aliphatic carboxylic acids is 1. The largest absolute Gasteiger partial charge is 0.508 e. The summed E-state index contributed by atoms with van der Waals surface area (Å²) in [5.41, 5.74) is 0.928. The summed E-state index contributed by atoms with van der Waals surface area (Å²) in [7, 11) is 0. The number of phenols is 1. The van der Waals surface area contributed by atoms with Crippen molar-refractivity contribution in [2.75, 3.05) is 0 Å². The quantitative estimate of drug-likeness (QED) is 0.767. The molecular formula is C13H16O3. The number of rotatable bonds is 4. The number of para-hydroxylation sites is 1. The fraction of sp³-hybridized carbons (Fsp3) is 0.154. The van der Waals surface area contributed by atoms with Crippen molar-refractivity contribution in [2.45, 2.75) is 12.8 Å². The zero-order valence-electron chi connectivity index (χ0n) is 9.10. The highest BCUT2D eigenvalue weighted by atomic mass is 16.4. The Kier molecular flexibility index (Phi) is 7.24. The molecule has 0 saturated carbocycles. The van der Waals surface area contributed by atoms with Crippen LogP contribution in [0.3, 0.4) is 0 Å². The van der Waals surface area contributed by atoms with Gasteiger partial charge >= 0.3 is 5.97 Å². The summed E-state index contributed by atoms with van der Waals surface area (Å²) in [4.78, 5) is 9.53. The highest BCUT2D eigenvalue weighted by Gasteiger charge is 1.93. The van der Waals surface area contributed by atoms with Gasteiger partial charge in [0.25, 0.3) is 0 Å². The Morgan fingerprint density at radius 2 is 1.88 bits per heavy atom. The summed E-state index contributed by atoms with van der Waals surface area (Å²) in [5.74, 6) is -0.479. The molecule has 2 N–H and O–H groups in total. The summed E-state index contributed by atoms with van der Waals surface area (Å²) in [6.07, 6.45) is 3.91. The molecule has 0 bridgehead atoms. The second-order valence-corrected chi connectivity index (χ2v) is 3.01. The van der Waals surface area contributed by atoms with E-state index in [1.165, 1.54) is 6.08 Å². The van der Waals surface area contributed by atoms with E-state index >= 15 is 0 Å². The molecule has 0 fully saturated rings. The molecule has 16 heavy (non-hydrogen) atoms. The van der Waals surface area contributed by atoms with Crippen molar-refractivity contribution in [1.82, 2.24) is 0 Å². The lowest BCUT2D eigenvalue weighted by atomic mass is 10.1. The second-order valence-electron chi connectivity index (χ2n) is 3.01. The molecule has 0 aliphatic rings. The van der Waals surface area contributed by atoms with Crippen LogP contribution in [-0.2, 0) is 11.2 Å². The number of hydrogen-bond donors (Lipinski definition) is 2. The maximum absolute atomic E-state index is 9.53. The van der Waals surface area contributed by atoms with E-state index in [2.05, 4.69) is 13.2 Å². The standard InChI is InChI=1S/C9H10O.C4H6O2/c1-2-5-8-6-3-4-7-9(8)10;1-2-3-4(5)6/h2-4,6-7,10H,1,5H2;2H,1,3H2,(H,5,6). The minimum Gasteiger partial charge on any atom is -0.508 e. The predicted molar refractivity (Wildman–Crippen MR) is 64.5 cm³/mol. The van der Waals surface area contributed by atoms with Gasteiger partial charge in [0.05, 0.1) is 6.42 Å². The molecule has 0 unspecified atom stereocenters. The van der Waals surface area contributed by atoms with Gasteiger partial charge in [-0.05, 0) is 18.1 Å². The maximum Gasteiger partial charge on any atom is 0.307 e. The van der Waals surface area contributed by atoms with Crippen LogP contribution < -0.4 is 0 Å². The van der Waals surface area contributed by atoms with Crippen molar-refractivity contribution in [2.24, 2.45) is 0 Å². The molecule has 3 nitrogen and oxygen atoms in total. The van der Waals surface area contributed by atoms with Crippen molar-refractivity contribution >= 4 is 5.97 Å². The summed E-state index contributed by atoms with van der Waals surface area (Å²) >= 11 is 0. The molecule has 1 aromatic rings. The van der Waals surface area contributed by atoms with Gasteiger partial charge in [-0.3, -0.25) is 4.79 Å². The van der Waals surface area contributed by atoms with Gasteiger partial charge in [0.15, 0.2) is 0 Å². The number of hydrogen-bond acceptors (Lipinski definition) is 2. The van der Waals surface area contributed by atoms with Crippen LogP contribution in [0.4, 0.5) is 0 Å². The fourth-order valence-corrected chi connectivity index (χ4v) is 0.962. The number of benzene rings is 1. The van der Waals surface area contributed by atoms with Crippen LogP contribution in [0.5, 0.6) is 5.75 Å². The van der Waals surface area contributed by atoms with Crippen molar-refractivity contribution in [3.63, 3.8) is 0 Å². The third kappa shape index (κ3) is 6.43. The van der Waals surface area contributed by atoms with Gasteiger partial charge in [0.1, 0.15) is 5.75 Å². The van der Waals surface area contributed by atoms with Gasteiger partial charge in [-0.25, -0.2) is 0 Å². The summed E-state index contributed by atoms with van der Waals surface area (Å²) in [6.45, 7) is 6.81. The van der Waals surface area contributed by atoms with E-state index in [0.717, 1.165) is 12.0 Å². The Bertz CT molecular complexity index is 356. The van der Waals surface area contributed by atoms with Crippen molar-refractivity contribution in [3.05, 3.63) is 55.1 Å². The van der Waals surface area contributed by atoms with Gasteiger partial charge in [0.2, 0.25) is 0 Å². The molecule has 0 radical (unpaired) electrons. The lowest BCUT2D eigenvalue weighted by Crippen LogP contribution is -1.88. The first-order valence-corrected chi connectivity index (χ1v) is 4.82. The Labute approximate surface area is 95.4 Å². The van der Waals surface area contributed by atoms with E-state index in [-0.39, 0.29) is 6.42 Å². The molecule has 0 aromatic heterocycles. The molecular weight excluding hydrogens is 204 g/mol. The summed E-state index contributed by atoms with van der Waals surface area (Å²) in [5, 5.41) is 17.0. The van der Waals surface area contributed by atoms with Crippen LogP contribution in [0.1, 0.15) is 12.0 Å². The van der Waals surface area contributed by atoms with E-state index in [1.54, 1.807) is 12.1 Å². The van der Waals surface area contributed by atoms with E-state index in [0.29, 0.717) is 5.75 Å². The molecule has 0 aliphatic heterocycles. The first kappa shape index (κ1) is 14.0. The summed E-state index contributed by atoms with van der Waals surface area (Å²) in [6, 6.07) is 7.27. The Hall–Kier alpha value is -2.03. The highest BCUT2D eigenvalue weighted by molar-refractivity contribution is 5.68. The van der Waals surface area contributed by atoms with Crippen molar-refractivity contribution in [3.8, 4) is 5.75 Å². The SMILES string of the molecule is C=CCC(=O)O.C=CCc1ccccc1O. The average Bonchev–Trinajstić information content (AvgIpc) is 2.22. The minimum atomic E-state index is -0.829. The molecule has 0 atom stereocenters. The number of allylic oxidation sites excluding steroid dienone is 1. The Morgan fingerprint density at radius 1 is 1.25 bits per heavy atom. The number of carbonyl (C=O) groups is 1. The van der Waals surface area contributed by atoms with Crippen molar-refractivity contribution in [1.29, 1.82) is 0 Å². The first-order valence-electron chi connectivity index (χ1n) is 4.82. The van der Waals surface area contributed by atoms with E-state index in [1.807, 2.05) is 18.2 Å². The Balaban J connectivity index is 0.000000325. The molecule has 0 amide bonds. The number of phenolic OH excluding ortho intramolecular Hbond substituents is 1. The van der Waals surface area contributed by atoms with Gasteiger partial charge in [-0.1, -0.05) is 30.4 Å². The van der Waals surface area contributed by atoms with Gasteiger partial charge in [-0.15, -0.1) is 13.2 Å². The third-order valence-corrected chi connectivity index (χ3v) is 1.67. The van der Waals surface area contributed by atoms with Crippen LogP contribution >= 0.6 is 0 Å². The number of carboxylic acid groups (broad SMARTS) is 1. The van der Waals surface area contributed by atoms with E-state index in [9.17, 15) is 9.90 Å². The highest BCUT2D eigenvalue weighted by Crippen LogP contribution is 2.15.